The molecule has 0 aliphatic rings. The molecule has 1 N–H and O–H groups in total. The van der Waals surface area contributed by atoms with Crippen LogP contribution in [0.25, 0.3) is 16.8 Å². The Morgan fingerprint density at radius 1 is 1.06 bits per heavy atom. The largest absolute Gasteiger partial charge is 0.493 e. The highest BCUT2D eigenvalue weighted by molar-refractivity contribution is 5.99. The normalized spacial score (nSPS) is 11.9. The van der Waals surface area contributed by atoms with E-state index in [1.807, 2.05) is 54.7 Å². The van der Waals surface area contributed by atoms with Gasteiger partial charge in [0.15, 0.2) is 17.2 Å². The lowest BCUT2D eigenvalue weighted by Crippen LogP contribution is -2.42. The Kier molecular flexibility index (Phi) is 7.89. The molecule has 170 valence electrons. The van der Waals surface area contributed by atoms with E-state index < -0.39 is 0 Å². The lowest BCUT2D eigenvalue weighted by Gasteiger charge is -2.26. The molecule has 7 nitrogen and oxygen atoms in total. The number of methoxy groups -OCH3 is 2. The van der Waals surface area contributed by atoms with E-state index in [0.29, 0.717) is 23.7 Å². The summed E-state index contributed by atoms with van der Waals surface area (Å²) >= 11 is 0. The van der Waals surface area contributed by atoms with Gasteiger partial charge in [-0.1, -0.05) is 38.1 Å². The zero-order valence-corrected chi connectivity index (χ0v) is 19.5. The van der Waals surface area contributed by atoms with Gasteiger partial charge in [0.25, 0.3) is 5.91 Å². The summed E-state index contributed by atoms with van der Waals surface area (Å²) in [7, 11) is 3.19. The fourth-order valence-corrected chi connectivity index (χ4v) is 3.77. The van der Waals surface area contributed by atoms with Gasteiger partial charge in [-0.3, -0.25) is 9.69 Å². The summed E-state index contributed by atoms with van der Waals surface area (Å²) < 4.78 is 12.6. The van der Waals surface area contributed by atoms with Crippen LogP contribution in [0.3, 0.4) is 0 Å². The fourth-order valence-electron chi connectivity index (χ4n) is 3.77. The number of carbonyl (C=O) groups excluding carboxylic acids is 1. The smallest absolute Gasteiger partial charge is 0.272 e. The number of amides is 1. The van der Waals surface area contributed by atoms with Crippen molar-refractivity contribution in [2.75, 3.05) is 33.9 Å². The van der Waals surface area contributed by atoms with E-state index in [0.717, 1.165) is 29.9 Å². The van der Waals surface area contributed by atoms with Gasteiger partial charge >= 0.3 is 0 Å². The summed E-state index contributed by atoms with van der Waals surface area (Å²) in [6.45, 7) is 8.78. The minimum atomic E-state index is -0.205. The summed E-state index contributed by atoms with van der Waals surface area (Å²) in [4.78, 5) is 15.5. The number of benzene rings is 2. The van der Waals surface area contributed by atoms with Crippen molar-refractivity contribution < 1.29 is 14.3 Å². The van der Waals surface area contributed by atoms with Crippen molar-refractivity contribution in [1.29, 1.82) is 0 Å². The minimum absolute atomic E-state index is 0.205. The van der Waals surface area contributed by atoms with Gasteiger partial charge in [0.1, 0.15) is 0 Å². The lowest BCUT2D eigenvalue weighted by atomic mass is 10.1. The highest BCUT2D eigenvalue weighted by atomic mass is 16.5. The number of hydrogen-bond donors (Lipinski definition) is 1. The molecule has 7 heteroatoms. The van der Waals surface area contributed by atoms with Gasteiger partial charge in [0, 0.05) is 24.3 Å². The molecule has 0 bridgehead atoms. The van der Waals surface area contributed by atoms with Crippen molar-refractivity contribution in [3.63, 3.8) is 0 Å². The second kappa shape index (κ2) is 10.8. The Morgan fingerprint density at radius 3 is 2.38 bits per heavy atom. The molecular weight excluding hydrogens is 404 g/mol. The standard InChI is InChI=1S/C25H32N4O3/c1-6-28(7-2)18(3)16-26-25(30)24-21(17-29(27-24)20-11-9-8-10-12-20)19-13-14-22(31-4)23(15-19)32-5/h8-15,17-18H,6-7,16H2,1-5H3,(H,26,30). The number of para-hydroxylation sites is 1. The second-order valence-electron chi connectivity index (χ2n) is 7.52. The van der Waals surface area contributed by atoms with Gasteiger partial charge in [-0.05, 0) is 49.8 Å². The van der Waals surface area contributed by atoms with Crippen molar-refractivity contribution in [2.24, 2.45) is 0 Å². The first kappa shape index (κ1) is 23.3. The average Bonchev–Trinajstić information content (AvgIpc) is 3.29. The molecule has 3 rings (SSSR count). The molecule has 0 spiro atoms. The molecular formula is C25H32N4O3. The molecule has 0 radical (unpaired) electrons. The Labute approximate surface area is 190 Å². The molecule has 32 heavy (non-hydrogen) atoms. The highest BCUT2D eigenvalue weighted by Gasteiger charge is 2.21. The Bertz CT molecular complexity index is 1030. The van der Waals surface area contributed by atoms with E-state index in [1.165, 1.54) is 0 Å². The van der Waals surface area contributed by atoms with Crippen LogP contribution in [-0.2, 0) is 0 Å². The van der Waals surface area contributed by atoms with Crippen LogP contribution in [0.2, 0.25) is 0 Å². The second-order valence-corrected chi connectivity index (χ2v) is 7.52. The molecule has 1 atom stereocenters. The molecule has 1 aromatic heterocycles. The maximum absolute atomic E-state index is 13.2. The van der Waals surface area contributed by atoms with Crippen LogP contribution in [0.5, 0.6) is 11.5 Å². The summed E-state index contributed by atoms with van der Waals surface area (Å²) in [6.07, 6.45) is 1.87. The molecule has 0 fully saturated rings. The predicted molar refractivity (Wildman–Crippen MR) is 127 cm³/mol. The van der Waals surface area contributed by atoms with Gasteiger partial charge in [-0.2, -0.15) is 5.10 Å². The van der Waals surface area contributed by atoms with Crippen LogP contribution in [0, 0.1) is 0 Å². The molecule has 3 aromatic rings. The van der Waals surface area contributed by atoms with Gasteiger partial charge in [-0.15, -0.1) is 0 Å². The zero-order valence-electron chi connectivity index (χ0n) is 19.5. The van der Waals surface area contributed by atoms with E-state index >= 15 is 0 Å². The van der Waals surface area contributed by atoms with E-state index in [-0.39, 0.29) is 11.9 Å². The number of rotatable bonds is 10. The third-order valence-electron chi connectivity index (χ3n) is 5.64. The number of aromatic nitrogens is 2. The Balaban J connectivity index is 1.97. The van der Waals surface area contributed by atoms with Crippen LogP contribution in [0.15, 0.2) is 54.7 Å². The minimum Gasteiger partial charge on any atom is -0.493 e. The average molecular weight is 437 g/mol. The first-order valence-electron chi connectivity index (χ1n) is 10.9. The summed E-state index contributed by atoms with van der Waals surface area (Å²) in [6, 6.07) is 15.6. The third kappa shape index (κ3) is 5.11. The summed E-state index contributed by atoms with van der Waals surface area (Å²) in [5, 5.41) is 7.70. The Morgan fingerprint density at radius 2 is 1.75 bits per heavy atom. The van der Waals surface area contributed by atoms with E-state index in [4.69, 9.17) is 9.47 Å². The fraction of sp³-hybridized carbons (Fsp3) is 0.360. The van der Waals surface area contributed by atoms with Gasteiger partial charge in [-0.25, -0.2) is 4.68 Å². The first-order chi connectivity index (χ1) is 15.5. The van der Waals surface area contributed by atoms with Crippen LogP contribution in [-0.4, -0.2) is 60.5 Å². The molecule has 2 aromatic carbocycles. The van der Waals surface area contributed by atoms with Crippen molar-refractivity contribution >= 4 is 5.91 Å². The van der Waals surface area contributed by atoms with Crippen molar-refractivity contribution in [2.45, 2.75) is 26.8 Å². The SMILES string of the molecule is CCN(CC)C(C)CNC(=O)c1nn(-c2ccccc2)cc1-c1ccc(OC)c(OC)c1. The number of hydrogen-bond acceptors (Lipinski definition) is 5. The maximum atomic E-state index is 13.2. The van der Waals surface area contributed by atoms with Crippen molar-refractivity contribution in [3.8, 4) is 28.3 Å². The molecule has 1 heterocycles. The van der Waals surface area contributed by atoms with E-state index in [1.54, 1.807) is 18.9 Å². The van der Waals surface area contributed by atoms with Crippen LogP contribution >= 0.6 is 0 Å². The maximum Gasteiger partial charge on any atom is 0.272 e. The van der Waals surface area contributed by atoms with Gasteiger partial charge < -0.3 is 14.8 Å². The molecule has 0 aliphatic carbocycles. The zero-order chi connectivity index (χ0) is 23.1. The molecule has 1 unspecified atom stereocenters. The summed E-state index contributed by atoms with van der Waals surface area (Å²) in [5.41, 5.74) is 2.80. The summed E-state index contributed by atoms with van der Waals surface area (Å²) in [5.74, 6) is 1.02. The quantitative estimate of drug-likeness (QED) is 0.520. The van der Waals surface area contributed by atoms with Crippen molar-refractivity contribution in [3.05, 3.63) is 60.4 Å². The lowest BCUT2D eigenvalue weighted by molar-refractivity contribution is 0.0933. The van der Waals surface area contributed by atoms with Crippen molar-refractivity contribution in [1.82, 2.24) is 20.0 Å². The van der Waals surface area contributed by atoms with E-state index in [9.17, 15) is 4.79 Å². The van der Waals surface area contributed by atoms with Crippen LogP contribution in [0.4, 0.5) is 0 Å². The first-order valence-corrected chi connectivity index (χ1v) is 10.9. The van der Waals surface area contributed by atoms with Crippen LogP contribution < -0.4 is 14.8 Å². The van der Waals surface area contributed by atoms with Gasteiger partial charge in [0.05, 0.1) is 19.9 Å². The monoisotopic (exact) mass is 436 g/mol. The molecule has 0 saturated heterocycles. The number of carbonyl (C=O) groups is 1. The molecule has 0 saturated carbocycles. The highest BCUT2D eigenvalue weighted by Crippen LogP contribution is 2.34. The van der Waals surface area contributed by atoms with Gasteiger partial charge in [0.2, 0.25) is 0 Å². The number of nitrogens with one attached hydrogen (secondary N) is 1. The number of nitrogens with zero attached hydrogens (tertiary/aromatic N) is 3. The number of likely N-dealkylation sites (N-methyl/N-ethyl adjacent to an activating group) is 1. The van der Waals surface area contributed by atoms with Crippen LogP contribution in [0.1, 0.15) is 31.3 Å². The predicted octanol–water partition coefficient (Wildman–Crippen LogP) is 4.02. The third-order valence-corrected chi connectivity index (χ3v) is 5.64. The topological polar surface area (TPSA) is 68.6 Å². The van der Waals surface area contributed by atoms with E-state index in [2.05, 4.69) is 36.1 Å². The molecule has 0 aliphatic heterocycles. The molecule has 1 amide bonds. The Hall–Kier alpha value is -3.32. The number of ether oxygens (including phenoxy) is 2.